The normalized spacial score (nSPS) is 12.8. The molecule has 1 atom stereocenters. The molecule has 0 saturated carbocycles. The zero-order valence-corrected chi connectivity index (χ0v) is 7.34. The number of hydrogen-bond donors (Lipinski definition) is 1. The summed E-state index contributed by atoms with van der Waals surface area (Å²) in [7, 11) is 0. The van der Waals surface area contributed by atoms with Crippen molar-refractivity contribution in [3.63, 3.8) is 0 Å². The van der Waals surface area contributed by atoms with Crippen molar-refractivity contribution in [1.82, 2.24) is 0 Å². The molecule has 0 heterocycles. The van der Waals surface area contributed by atoms with E-state index in [0.29, 0.717) is 12.1 Å². The zero-order chi connectivity index (χ0) is 9.68. The molecule has 0 aliphatic heterocycles. The van der Waals surface area contributed by atoms with Crippen molar-refractivity contribution in [2.45, 2.75) is 19.0 Å². The van der Waals surface area contributed by atoms with Gasteiger partial charge >= 0.3 is 0 Å². The van der Waals surface area contributed by atoms with E-state index in [2.05, 4.69) is 0 Å². The Kier molecular flexibility index (Phi) is 3.83. The van der Waals surface area contributed by atoms with Gasteiger partial charge < -0.3 is 5.73 Å². The van der Waals surface area contributed by atoms with Crippen molar-refractivity contribution in [3.8, 4) is 0 Å². The van der Waals surface area contributed by atoms with Gasteiger partial charge in [-0.15, -0.1) is 0 Å². The van der Waals surface area contributed by atoms with Gasteiger partial charge in [0.15, 0.2) is 0 Å². The molecule has 1 rings (SSSR count). The van der Waals surface area contributed by atoms with Gasteiger partial charge in [0.25, 0.3) is 0 Å². The van der Waals surface area contributed by atoms with Crippen molar-refractivity contribution in [1.29, 1.82) is 0 Å². The van der Waals surface area contributed by atoms with E-state index in [-0.39, 0.29) is 18.7 Å². The lowest BCUT2D eigenvalue weighted by Crippen LogP contribution is -2.12. The Morgan fingerprint density at radius 3 is 2.62 bits per heavy atom. The van der Waals surface area contributed by atoms with Crippen LogP contribution >= 0.6 is 0 Å². The molecular weight excluding hydrogens is 172 g/mol. The maximum atomic E-state index is 13.0. The number of benzene rings is 1. The lowest BCUT2D eigenvalue weighted by atomic mass is 10.1. The zero-order valence-electron chi connectivity index (χ0n) is 7.34. The Hall–Kier alpha value is -0.960. The fraction of sp³-hybridized carbons (Fsp3) is 0.400. The monoisotopic (exact) mass is 185 g/mol. The summed E-state index contributed by atoms with van der Waals surface area (Å²) in [5.41, 5.74) is 5.61. The molecule has 0 amide bonds. The molecule has 2 N–H and O–H groups in total. The first-order valence-electron chi connectivity index (χ1n) is 4.31. The lowest BCUT2D eigenvalue weighted by molar-refractivity contribution is 0.313. The van der Waals surface area contributed by atoms with Crippen LogP contribution < -0.4 is 5.73 Å². The molecule has 13 heavy (non-hydrogen) atoms. The maximum Gasteiger partial charge on any atom is 0.126 e. The van der Waals surface area contributed by atoms with E-state index in [1.165, 1.54) is 6.07 Å². The van der Waals surface area contributed by atoms with Crippen molar-refractivity contribution in [2.24, 2.45) is 5.73 Å². The van der Waals surface area contributed by atoms with Gasteiger partial charge in [0, 0.05) is 6.42 Å². The smallest absolute Gasteiger partial charge is 0.126 e. The van der Waals surface area contributed by atoms with Gasteiger partial charge in [-0.3, -0.25) is 0 Å². The Labute approximate surface area is 76.6 Å². The summed E-state index contributed by atoms with van der Waals surface area (Å²) in [6, 6.07) is 6.23. The average Bonchev–Trinajstić information content (AvgIpc) is 2.09. The van der Waals surface area contributed by atoms with E-state index in [9.17, 15) is 8.78 Å². The Morgan fingerprint density at radius 1 is 1.31 bits per heavy atom. The Bertz CT molecular complexity index is 263. The molecule has 0 aromatic heterocycles. The predicted molar refractivity (Wildman–Crippen MR) is 48.7 cm³/mol. The third kappa shape index (κ3) is 3.11. The van der Waals surface area contributed by atoms with Gasteiger partial charge in [0.05, 0.1) is 0 Å². The number of rotatable bonds is 4. The molecule has 0 spiro atoms. The molecule has 0 radical (unpaired) electrons. The summed E-state index contributed by atoms with van der Waals surface area (Å²) in [4.78, 5) is 0. The molecule has 72 valence electrons. The molecule has 0 aliphatic carbocycles. The van der Waals surface area contributed by atoms with Crippen LogP contribution in [0.1, 0.15) is 12.0 Å². The van der Waals surface area contributed by atoms with Crippen molar-refractivity contribution >= 4 is 0 Å². The van der Waals surface area contributed by atoms with E-state index >= 15 is 0 Å². The summed E-state index contributed by atoms with van der Waals surface area (Å²) in [5.74, 6) is -0.345. The van der Waals surface area contributed by atoms with Crippen molar-refractivity contribution in [2.75, 3.05) is 6.54 Å². The van der Waals surface area contributed by atoms with E-state index in [4.69, 9.17) is 5.73 Å². The van der Waals surface area contributed by atoms with Gasteiger partial charge in [-0.1, -0.05) is 18.2 Å². The average molecular weight is 185 g/mol. The minimum absolute atomic E-state index is 0.115. The fourth-order valence-corrected chi connectivity index (χ4v) is 1.19. The molecule has 1 unspecified atom stereocenters. The highest BCUT2D eigenvalue weighted by Gasteiger charge is 2.09. The summed E-state index contributed by atoms with van der Waals surface area (Å²) in [6.45, 7) is 0.301. The minimum atomic E-state index is -1.04. The van der Waals surface area contributed by atoms with Crippen LogP contribution in [-0.2, 0) is 6.42 Å². The van der Waals surface area contributed by atoms with Crippen LogP contribution in [0.25, 0.3) is 0 Å². The van der Waals surface area contributed by atoms with E-state index < -0.39 is 6.17 Å². The molecule has 0 bridgehead atoms. The Balaban J connectivity index is 2.58. The summed E-state index contributed by atoms with van der Waals surface area (Å²) >= 11 is 0. The second kappa shape index (κ2) is 4.92. The molecule has 3 heteroatoms. The minimum Gasteiger partial charge on any atom is -0.330 e. The summed E-state index contributed by atoms with van der Waals surface area (Å²) in [5, 5.41) is 0. The van der Waals surface area contributed by atoms with Crippen LogP contribution in [-0.4, -0.2) is 12.7 Å². The standard InChI is InChI=1S/C10H13F2N/c11-9(5-6-13)7-8-3-1-2-4-10(8)12/h1-4,9H,5-7,13H2. The van der Waals surface area contributed by atoms with Crippen LogP contribution in [0.15, 0.2) is 24.3 Å². The molecule has 0 aliphatic rings. The first-order chi connectivity index (χ1) is 6.24. The van der Waals surface area contributed by atoms with Gasteiger partial charge in [-0.2, -0.15) is 0 Å². The third-order valence-electron chi connectivity index (χ3n) is 1.88. The van der Waals surface area contributed by atoms with E-state index in [1.54, 1.807) is 18.2 Å². The van der Waals surface area contributed by atoms with Crippen LogP contribution in [0.4, 0.5) is 8.78 Å². The summed E-state index contributed by atoms with van der Waals surface area (Å²) < 4.78 is 26.0. The first-order valence-corrected chi connectivity index (χ1v) is 4.31. The highest BCUT2D eigenvalue weighted by atomic mass is 19.1. The number of hydrogen-bond acceptors (Lipinski definition) is 1. The molecule has 0 fully saturated rings. The number of alkyl halides is 1. The van der Waals surface area contributed by atoms with E-state index in [1.807, 2.05) is 0 Å². The SMILES string of the molecule is NCCC(F)Cc1ccccc1F. The topological polar surface area (TPSA) is 26.0 Å². The molecule has 1 nitrogen and oxygen atoms in total. The molecular formula is C10H13F2N. The van der Waals surface area contributed by atoms with E-state index in [0.717, 1.165) is 0 Å². The van der Waals surface area contributed by atoms with Crippen LogP contribution in [0, 0.1) is 5.82 Å². The van der Waals surface area contributed by atoms with Crippen LogP contribution in [0.2, 0.25) is 0 Å². The number of nitrogens with two attached hydrogens (primary N) is 1. The highest BCUT2D eigenvalue weighted by molar-refractivity contribution is 5.17. The second-order valence-electron chi connectivity index (χ2n) is 2.97. The third-order valence-corrected chi connectivity index (χ3v) is 1.88. The quantitative estimate of drug-likeness (QED) is 0.763. The van der Waals surface area contributed by atoms with Crippen LogP contribution in [0.5, 0.6) is 0 Å². The van der Waals surface area contributed by atoms with Gasteiger partial charge in [-0.05, 0) is 24.6 Å². The maximum absolute atomic E-state index is 13.0. The number of halogens is 2. The molecule has 1 aromatic carbocycles. The fourth-order valence-electron chi connectivity index (χ4n) is 1.19. The highest BCUT2D eigenvalue weighted by Crippen LogP contribution is 2.12. The first kappa shape index (κ1) is 10.1. The molecule has 0 saturated heterocycles. The van der Waals surface area contributed by atoms with Crippen molar-refractivity contribution < 1.29 is 8.78 Å². The molecule has 1 aromatic rings. The van der Waals surface area contributed by atoms with Gasteiger partial charge in [0.2, 0.25) is 0 Å². The summed E-state index contributed by atoms with van der Waals surface area (Å²) in [6.07, 6.45) is -0.639. The van der Waals surface area contributed by atoms with Gasteiger partial charge in [-0.25, -0.2) is 8.78 Å². The predicted octanol–water partition coefficient (Wildman–Crippen LogP) is 2.06. The van der Waals surface area contributed by atoms with Crippen molar-refractivity contribution in [3.05, 3.63) is 35.6 Å². The van der Waals surface area contributed by atoms with Gasteiger partial charge in [0.1, 0.15) is 12.0 Å². The largest absolute Gasteiger partial charge is 0.330 e. The van der Waals surface area contributed by atoms with Crippen LogP contribution in [0.3, 0.4) is 0 Å². The Morgan fingerprint density at radius 2 is 2.00 bits per heavy atom. The lowest BCUT2D eigenvalue weighted by Gasteiger charge is -2.06. The second-order valence-corrected chi connectivity index (χ2v) is 2.97.